The molecular formula is C13H14N4S. The second-order valence-electron chi connectivity index (χ2n) is 4.38. The zero-order chi connectivity index (χ0) is 12.7. The van der Waals surface area contributed by atoms with E-state index < -0.39 is 0 Å². The second-order valence-corrected chi connectivity index (χ2v) is 5.21. The molecule has 0 saturated carbocycles. The van der Waals surface area contributed by atoms with Gasteiger partial charge in [-0.25, -0.2) is 0 Å². The van der Waals surface area contributed by atoms with Gasteiger partial charge >= 0.3 is 0 Å². The van der Waals surface area contributed by atoms with E-state index in [9.17, 15) is 0 Å². The average Bonchev–Trinajstić information content (AvgIpc) is 2.93. The van der Waals surface area contributed by atoms with Gasteiger partial charge in [-0.15, -0.1) is 21.5 Å². The zero-order valence-electron chi connectivity index (χ0n) is 10.3. The first-order valence-electron chi connectivity index (χ1n) is 5.80. The maximum Gasteiger partial charge on any atom is 0.216 e. The molecule has 0 atom stereocenters. The van der Waals surface area contributed by atoms with Gasteiger partial charge in [-0.3, -0.25) is 4.40 Å². The molecule has 0 saturated heterocycles. The summed E-state index contributed by atoms with van der Waals surface area (Å²) in [5.41, 5.74) is 10.6. The number of rotatable bonds is 2. The molecule has 0 aliphatic heterocycles. The summed E-state index contributed by atoms with van der Waals surface area (Å²) in [6.45, 7) is 4.61. The maximum absolute atomic E-state index is 5.72. The molecule has 0 radical (unpaired) electrons. The molecule has 0 spiro atoms. The maximum atomic E-state index is 5.72. The number of nitrogens with zero attached hydrogens (tertiary/aromatic N) is 3. The van der Waals surface area contributed by atoms with E-state index in [-0.39, 0.29) is 0 Å². The van der Waals surface area contributed by atoms with E-state index in [0.29, 0.717) is 6.54 Å². The van der Waals surface area contributed by atoms with Gasteiger partial charge in [0.15, 0.2) is 5.82 Å². The van der Waals surface area contributed by atoms with Crippen molar-refractivity contribution in [3.05, 3.63) is 40.5 Å². The number of nitrogens with two attached hydrogens (primary N) is 1. The molecule has 3 aromatic rings. The van der Waals surface area contributed by atoms with E-state index in [1.54, 1.807) is 11.3 Å². The fourth-order valence-electron chi connectivity index (χ4n) is 2.11. The molecule has 5 heteroatoms. The number of benzene rings is 1. The number of hydrogen-bond donors (Lipinski definition) is 1. The third-order valence-corrected chi connectivity index (χ3v) is 3.89. The van der Waals surface area contributed by atoms with Gasteiger partial charge in [0.05, 0.1) is 12.2 Å². The molecule has 0 amide bonds. The van der Waals surface area contributed by atoms with Crippen LogP contribution in [-0.4, -0.2) is 14.6 Å². The summed E-state index contributed by atoms with van der Waals surface area (Å²) in [5.74, 6) is 0.808. The van der Waals surface area contributed by atoms with Crippen LogP contribution in [0.1, 0.15) is 17.0 Å². The smallest absolute Gasteiger partial charge is 0.216 e. The van der Waals surface area contributed by atoms with Gasteiger partial charge in [0.1, 0.15) is 0 Å². The lowest BCUT2D eigenvalue weighted by molar-refractivity contribution is 0.887. The Labute approximate surface area is 109 Å². The highest BCUT2D eigenvalue weighted by atomic mass is 32.1. The molecule has 1 aromatic carbocycles. The van der Waals surface area contributed by atoms with Gasteiger partial charge in [-0.1, -0.05) is 17.7 Å². The summed E-state index contributed by atoms with van der Waals surface area (Å²) in [5, 5.41) is 10.4. The Morgan fingerprint density at radius 3 is 2.89 bits per heavy atom. The molecule has 92 valence electrons. The number of aromatic nitrogens is 3. The largest absolute Gasteiger partial charge is 0.324 e. The van der Waals surface area contributed by atoms with Crippen molar-refractivity contribution in [2.24, 2.45) is 5.73 Å². The third-order valence-electron chi connectivity index (χ3n) is 3.07. The lowest BCUT2D eigenvalue weighted by atomic mass is 10.0. The Bertz CT molecular complexity index is 711. The molecule has 0 aliphatic rings. The lowest BCUT2D eigenvalue weighted by Crippen LogP contribution is -2.03. The second kappa shape index (κ2) is 4.19. The summed E-state index contributed by atoms with van der Waals surface area (Å²) in [6.07, 6.45) is 0. The fourth-order valence-corrected chi connectivity index (χ4v) is 2.95. The third kappa shape index (κ3) is 1.63. The van der Waals surface area contributed by atoms with E-state index in [1.807, 2.05) is 4.40 Å². The van der Waals surface area contributed by atoms with Crippen molar-refractivity contribution >= 4 is 16.3 Å². The number of fused-ring (bicyclic) bond motifs is 1. The van der Waals surface area contributed by atoms with E-state index in [0.717, 1.165) is 16.5 Å². The highest BCUT2D eigenvalue weighted by Crippen LogP contribution is 2.29. The summed E-state index contributed by atoms with van der Waals surface area (Å²) in [6, 6.07) is 6.45. The molecule has 0 aliphatic carbocycles. The Morgan fingerprint density at radius 1 is 1.28 bits per heavy atom. The van der Waals surface area contributed by atoms with Crippen molar-refractivity contribution in [3.63, 3.8) is 0 Å². The fraction of sp³-hybridized carbons (Fsp3) is 0.231. The van der Waals surface area contributed by atoms with E-state index in [2.05, 4.69) is 47.6 Å². The topological polar surface area (TPSA) is 56.2 Å². The van der Waals surface area contributed by atoms with Crippen molar-refractivity contribution < 1.29 is 0 Å². The monoisotopic (exact) mass is 258 g/mol. The Morgan fingerprint density at radius 2 is 2.11 bits per heavy atom. The van der Waals surface area contributed by atoms with Crippen LogP contribution in [-0.2, 0) is 6.54 Å². The molecule has 18 heavy (non-hydrogen) atoms. The van der Waals surface area contributed by atoms with E-state index >= 15 is 0 Å². The van der Waals surface area contributed by atoms with Crippen LogP contribution < -0.4 is 5.73 Å². The minimum absolute atomic E-state index is 0.399. The number of aryl methyl sites for hydroxylation is 2. The normalized spacial score (nSPS) is 11.3. The summed E-state index contributed by atoms with van der Waals surface area (Å²) < 4.78 is 2.05. The van der Waals surface area contributed by atoms with Crippen molar-refractivity contribution in [1.82, 2.24) is 14.6 Å². The van der Waals surface area contributed by atoms with Crippen LogP contribution in [0.2, 0.25) is 0 Å². The first-order chi connectivity index (χ1) is 8.70. The average molecular weight is 258 g/mol. The van der Waals surface area contributed by atoms with Crippen LogP contribution in [0.3, 0.4) is 0 Å². The molecular weight excluding hydrogens is 244 g/mol. The van der Waals surface area contributed by atoms with Gasteiger partial charge in [-0.05, 0) is 25.5 Å². The Hall–Kier alpha value is -1.72. The molecule has 2 N–H and O–H groups in total. The molecule has 0 fully saturated rings. The van der Waals surface area contributed by atoms with Gasteiger partial charge < -0.3 is 5.73 Å². The van der Waals surface area contributed by atoms with Gasteiger partial charge in [-0.2, -0.15) is 0 Å². The van der Waals surface area contributed by atoms with Crippen molar-refractivity contribution in [1.29, 1.82) is 0 Å². The summed E-state index contributed by atoms with van der Waals surface area (Å²) >= 11 is 1.59. The highest BCUT2D eigenvalue weighted by molar-refractivity contribution is 7.15. The van der Waals surface area contributed by atoms with Gasteiger partial charge in [0.2, 0.25) is 4.96 Å². The van der Waals surface area contributed by atoms with Crippen LogP contribution >= 0.6 is 11.3 Å². The Balaban J connectivity index is 2.30. The standard InChI is InChI=1S/C13H14N4S/c1-8-3-4-9(2)10(5-8)11-7-18-13-16-15-12(6-14)17(11)13/h3-5,7H,6,14H2,1-2H3. The van der Waals surface area contributed by atoms with Gasteiger partial charge in [0.25, 0.3) is 0 Å². The summed E-state index contributed by atoms with van der Waals surface area (Å²) in [4.78, 5) is 0.895. The SMILES string of the molecule is Cc1ccc(C)c(-c2csc3nnc(CN)n23)c1. The van der Waals surface area contributed by atoms with Crippen molar-refractivity contribution in [3.8, 4) is 11.3 Å². The lowest BCUT2D eigenvalue weighted by Gasteiger charge is -2.07. The van der Waals surface area contributed by atoms with Crippen molar-refractivity contribution in [2.75, 3.05) is 0 Å². The first-order valence-corrected chi connectivity index (χ1v) is 6.68. The minimum Gasteiger partial charge on any atom is -0.324 e. The highest BCUT2D eigenvalue weighted by Gasteiger charge is 2.13. The molecule has 2 heterocycles. The Kier molecular flexibility index (Phi) is 2.65. The van der Waals surface area contributed by atoms with E-state index in [4.69, 9.17) is 5.73 Å². The minimum atomic E-state index is 0.399. The predicted octanol–water partition coefficient (Wildman–Crippen LogP) is 2.53. The molecule has 0 bridgehead atoms. The van der Waals surface area contributed by atoms with Crippen LogP contribution in [0.4, 0.5) is 0 Å². The molecule has 2 aromatic heterocycles. The number of thiazole rings is 1. The number of hydrogen-bond acceptors (Lipinski definition) is 4. The molecule has 3 rings (SSSR count). The summed E-state index contributed by atoms with van der Waals surface area (Å²) in [7, 11) is 0. The van der Waals surface area contributed by atoms with Crippen LogP contribution in [0.5, 0.6) is 0 Å². The molecule has 0 unspecified atom stereocenters. The molecule has 4 nitrogen and oxygen atoms in total. The predicted molar refractivity (Wildman–Crippen MR) is 73.7 cm³/mol. The van der Waals surface area contributed by atoms with Crippen LogP contribution in [0.15, 0.2) is 23.6 Å². The van der Waals surface area contributed by atoms with E-state index in [1.165, 1.54) is 16.7 Å². The van der Waals surface area contributed by atoms with Gasteiger partial charge in [0, 0.05) is 10.9 Å². The zero-order valence-corrected chi connectivity index (χ0v) is 11.2. The van der Waals surface area contributed by atoms with Crippen LogP contribution in [0, 0.1) is 13.8 Å². The van der Waals surface area contributed by atoms with Crippen LogP contribution in [0.25, 0.3) is 16.2 Å². The quantitative estimate of drug-likeness (QED) is 0.768. The van der Waals surface area contributed by atoms with Crippen molar-refractivity contribution in [2.45, 2.75) is 20.4 Å². The first kappa shape index (κ1) is 11.4.